The molecular formula is C14H15BrN2. The molecule has 88 valence electrons. The highest BCUT2D eigenvalue weighted by molar-refractivity contribution is 9.10. The van der Waals surface area contributed by atoms with E-state index in [1.165, 1.54) is 5.56 Å². The maximum Gasteiger partial charge on any atom is 0.0541 e. The second kappa shape index (κ2) is 5.94. The van der Waals surface area contributed by atoms with Crippen LogP contribution in [0.3, 0.4) is 0 Å². The van der Waals surface area contributed by atoms with E-state index in [1.807, 2.05) is 30.5 Å². The molecule has 0 aliphatic rings. The van der Waals surface area contributed by atoms with Crippen LogP contribution >= 0.6 is 15.9 Å². The quantitative estimate of drug-likeness (QED) is 0.929. The smallest absolute Gasteiger partial charge is 0.0541 e. The van der Waals surface area contributed by atoms with Gasteiger partial charge in [-0.1, -0.05) is 34.1 Å². The van der Waals surface area contributed by atoms with E-state index in [2.05, 4.69) is 51.4 Å². The Morgan fingerprint density at radius 3 is 2.82 bits per heavy atom. The molecule has 0 aliphatic heterocycles. The van der Waals surface area contributed by atoms with Crippen LogP contribution in [-0.4, -0.2) is 4.98 Å². The molecule has 1 aromatic carbocycles. The molecule has 1 unspecified atom stereocenters. The maximum atomic E-state index is 4.29. The zero-order valence-electron chi connectivity index (χ0n) is 9.73. The summed E-state index contributed by atoms with van der Waals surface area (Å²) in [5, 5.41) is 3.46. The molecule has 0 saturated heterocycles. The number of hydrogen-bond acceptors (Lipinski definition) is 2. The molecule has 0 spiro atoms. The first-order valence-corrected chi connectivity index (χ1v) is 6.44. The summed E-state index contributed by atoms with van der Waals surface area (Å²) in [5.74, 6) is 0. The summed E-state index contributed by atoms with van der Waals surface area (Å²) in [7, 11) is 0. The topological polar surface area (TPSA) is 24.9 Å². The average Bonchev–Trinajstić information content (AvgIpc) is 2.37. The second-order valence-corrected chi connectivity index (χ2v) is 4.89. The van der Waals surface area contributed by atoms with Crippen molar-refractivity contribution < 1.29 is 0 Å². The van der Waals surface area contributed by atoms with Gasteiger partial charge in [-0.2, -0.15) is 0 Å². The third kappa shape index (κ3) is 3.65. The monoisotopic (exact) mass is 290 g/mol. The number of nitrogens with zero attached hydrogens (tertiary/aromatic N) is 1. The predicted octanol–water partition coefficient (Wildman–Crippen LogP) is 3.69. The van der Waals surface area contributed by atoms with Crippen molar-refractivity contribution in [3.05, 3.63) is 64.4 Å². The van der Waals surface area contributed by atoms with Gasteiger partial charge in [0.05, 0.1) is 5.69 Å². The number of benzene rings is 1. The normalized spacial score (nSPS) is 12.4. The van der Waals surface area contributed by atoms with Crippen LogP contribution in [0.5, 0.6) is 0 Å². The minimum atomic E-state index is 0.314. The fourth-order valence-corrected chi connectivity index (χ4v) is 2.07. The van der Waals surface area contributed by atoms with Gasteiger partial charge < -0.3 is 5.32 Å². The van der Waals surface area contributed by atoms with Crippen LogP contribution in [0.15, 0.2) is 53.1 Å². The van der Waals surface area contributed by atoms with E-state index in [9.17, 15) is 0 Å². The minimum absolute atomic E-state index is 0.314. The molecule has 0 radical (unpaired) electrons. The predicted molar refractivity (Wildman–Crippen MR) is 73.6 cm³/mol. The second-order valence-electron chi connectivity index (χ2n) is 3.98. The van der Waals surface area contributed by atoms with Crippen molar-refractivity contribution in [1.29, 1.82) is 0 Å². The maximum absolute atomic E-state index is 4.29. The molecule has 0 amide bonds. The summed E-state index contributed by atoms with van der Waals surface area (Å²) in [5.41, 5.74) is 2.34. The van der Waals surface area contributed by atoms with Gasteiger partial charge in [0.2, 0.25) is 0 Å². The van der Waals surface area contributed by atoms with Gasteiger partial charge in [-0.25, -0.2) is 0 Å². The van der Waals surface area contributed by atoms with Crippen LogP contribution in [0, 0.1) is 0 Å². The van der Waals surface area contributed by atoms with E-state index in [0.29, 0.717) is 6.04 Å². The Bertz CT molecular complexity index is 471. The Morgan fingerprint density at radius 1 is 1.24 bits per heavy atom. The molecule has 0 saturated carbocycles. The Kier molecular flexibility index (Phi) is 4.29. The SMILES string of the molecule is CC(NCc1ccccn1)c1cccc(Br)c1. The van der Waals surface area contributed by atoms with Crippen LogP contribution in [0.2, 0.25) is 0 Å². The summed E-state index contributed by atoms with van der Waals surface area (Å²) in [6.45, 7) is 2.94. The van der Waals surface area contributed by atoms with Crippen molar-refractivity contribution in [3.63, 3.8) is 0 Å². The molecule has 2 rings (SSSR count). The van der Waals surface area contributed by atoms with Gasteiger partial charge in [0.25, 0.3) is 0 Å². The molecule has 2 nitrogen and oxygen atoms in total. The number of halogens is 1. The van der Waals surface area contributed by atoms with Crippen molar-refractivity contribution in [2.45, 2.75) is 19.5 Å². The molecule has 3 heteroatoms. The zero-order chi connectivity index (χ0) is 12.1. The molecule has 1 atom stereocenters. The molecule has 2 aromatic rings. The lowest BCUT2D eigenvalue weighted by atomic mass is 10.1. The van der Waals surface area contributed by atoms with E-state index in [4.69, 9.17) is 0 Å². The van der Waals surface area contributed by atoms with Crippen molar-refractivity contribution in [2.75, 3.05) is 0 Å². The van der Waals surface area contributed by atoms with Crippen LogP contribution in [0.1, 0.15) is 24.2 Å². The Hall–Kier alpha value is -1.19. The third-order valence-electron chi connectivity index (χ3n) is 2.66. The fourth-order valence-electron chi connectivity index (χ4n) is 1.65. The van der Waals surface area contributed by atoms with Crippen LogP contribution < -0.4 is 5.32 Å². The highest BCUT2D eigenvalue weighted by Gasteiger charge is 2.05. The Labute approximate surface area is 110 Å². The largest absolute Gasteiger partial charge is 0.305 e. The number of hydrogen-bond donors (Lipinski definition) is 1. The van der Waals surface area contributed by atoms with Gasteiger partial charge in [0.15, 0.2) is 0 Å². The Balaban J connectivity index is 1.96. The summed E-state index contributed by atoms with van der Waals surface area (Å²) >= 11 is 3.49. The van der Waals surface area contributed by atoms with E-state index in [1.54, 1.807) is 0 Å². The number of pyridine rings is 1. The first kappa shape index (κ1) is 12.3. The number of rotatable bonds is 4. The van der Waals surface area contributed by atoms with Crippen molar-refractivity contribution in [1.82, 2.24) is 10.3 Å². The van der Waals surface area contributed by atoms with Gasteiger partial charge in [0.1, 0.15) is 0 Å². The summed E-state index contributed by atoms with van der Waals surface area (Å²) in [6, 6.07) is 14.6. The van der Waals surface area contributed by atoms with Gasteiger partial charge >= 0.3 is 0 Å². The lowest BCUT2D eigenvalue weighted by molar-refractivity contribution is 0.567. The molecule has 0 bridgehead atoms. The number of nitrogens with one attached hydrogen (secondary N) is 1. The number of aromatic nitrogens is 1. The molecular weight excluding hydrogens is 276 g/mol. The lowest BCUT2D eigenvalue weighted by Gasteiger charge is -2.14. The van der Waals surface area contributed by atoms with Crippen molar-refractivity contribution in [2.24, 2.45) is 0 Å². The summed E-state index contributed by atoms with van der Waals surface area (Å²) < 4.78 is 1.11. The van der Waals surface area contributed by atoms with Crippen LogP contribution in [0.4, 0.5) is 0 Å². The van der Waals surface area contributed by atoms with Gasteiger partial charge in [0, 0.05) is 23.3 Å². The molecule has 1 heterocycles. The van der Waals surface area contributed by atoms with E-state index in [0.717, 1.165) is 16.7 Å². The lowest BCUT2D eigenvalue weighted by Crippen LogP contribution is -2.18. The van der Waals surface area contributed by atoms with Crippen LogP contribution in [0.25, 0.3) is 0 Å². The van der Waals surface area contributed by atoms with Crippen molar-refractivity contribution >= 4 is 15.9 Å². The van der Waals surface area contributed by atoms with E-state index < -0.39 is 0 Å². The zero-order valence-corrected chi connectivity index (χ0v) is 11.3. The first-order chi connectivity index (χ1) is 8.25. The minimum Gasteiger partial charge on any atom is -0.305 e. The molecule has 0 fully saturated rings. The van der Waals surface area contributed by atoms with Gasteiger partial charge in [-0.05, 0) is 36.8 Å². The van der Waals surface area contributed by atoms with Crippen LogP contribution in [-0.2, 0) is 6.54 Å². The highest BCUT2D eigenvalue weighted by atomic mass is 79.9. The van der Waals surface area contributed by atoms with Crippen molar-refractivity contribution in [3.8, 4) is 0 Å². The third-order valence-corrected chi connectivity index (χ3v) is 3.16. The summed E-state index contributed by atoms with van der Waals surface area (Å²) in [4.78, 5) is 4.29. The van der Waals surface area contributed by atoms with E-state index in [-0.39, 0.29) is 0 Å². The van der Waals surface area contributed by atoms with Gasteiger partial charge in [-0.15, -0.1) is 0 Å². The van der Waals surface area contributed by atoms with Gasteiger partial charge in [-0.3, -0.25) is 4.98 Å². The highest BCUT2D eigenvalue weighted by Crippen LogP contribution is 2.17. The average molecular weight is 291 g/mol. The summed E-state index contributed by atoms with van der Waals surface area (Å²) in [6.07, 6.45) is 1.82. The molecule has 17 heavy (non-hydrogen) atoms. The molecule has 1 N–H and O–H groups in total. The van der Waals surface area contributed by atoms with E-state index >= 15 is 0 Å². The molecule has 0 aliphatic carbocycles. The fraction of sp³-hybridized carbons (Fsp3) is 0.214. The first-order valence-electron chi connectivity index (χ1n) is 5.64. The standard InChI is InChI=1S/C14H15BrN2/c1-11(12-5-4-6-13(15)9-12)17-10-14-7-2-3-8-16-14/h2-9,11,17H,10H2,1H3. The molecule has 1 aromatic heterocycles. The Morgan fingerprint density at radius 2 is 2.12 bits per heavy atom.